The maximum atomic E-state index is 5.52. The Morgan fingerprint density at radius 3 is 2.73 bits per heavy atom. The van der Waals surface area contributed by atoms with E-state index in [1.165, 1.54) is 6.20 Å². The largest absolute Gasteiger partial charge is 0.382 e. The van der Waals surface area contributed by atoms with Gasteiger partial charge in [0.15, 0.2) is 5.82 Å². The zero-order valence-corrected chi connectivity index (χ0v) is 9.40. The van der Waals surface area contributed by atoms with Crippen molar-refractivity contribution in [3.8, 4) is 0 Å². The maximum Gasteiger partial charge on any atom is 0.151 e. The van der Waals surface area contributed by atoms with Gasteiger partial charge in [0.2, 0.25) is 0 Å². The lowest BCUT2D eigenvalue weighted by Crippen LogP contribution is -1.98. The number of benzene rings is 1. The van der Waals surface area contributed by atoms with E-state index in [1.807, 2.05) is 24.3 Å². The van der Waals surface area contributed by atoms with Gasteiger partial charge in [0, 0.05) is 4.47 Å². The highest BCUT2D eigenvalue weighted by Gasteiger charge is 2.00. The van der Waals surface area contributed by atoms with Crippen LogP contribution in [-0.4, -0.2) is 9.97 Å². The molecular weight excluding hydrogens is 256 g/mol. The Morgan fingerprint density at radius 2 is 2.00 bits per heavy atom. The Balaban J connectivity index is 2.26. The Morgan fingerprint density at radius 1 is 1.20 bits per heavy atom. The number of nitrogens with one attached hydrogen (secondary N) is 1. The van der Waals surface area contributed by atoms with E-state index in [9.17, 15) is 0 Å². The third kappa shape index (κ3) is 2.44. The molecule has 1 heterocycles. The average molecular weight is 265 g/mol. The van der Waals surface area contributed by atoms with Crippen LogP contribution in [0.4, 0.5) is 17.3 Å². The first-order valence-electron chi connectivity index (χ1n) is 4.35. The minimum Gasteiger partial charge on any atom is -0.382 e. The van der Waals surface area contributed by atoms with Crippen LogP contribution in [0.5, 0.6) is 0 Å². The lowest BCUT2D eigenvalue weighted by Gasteiger charge is -2.06. The number of hydrogen-bond acceptors (Lipinski definition) is 4. The molecule has 0 amide bonds. The Bertz CT molecular complexity index is 472. The lowest BCUT2D eigenvalue weighted by atomic mass is 10.3. The summed E-state index contributed by atoms with van der Waals surface area (Å²) in [5.41, 5.74) is 6.45. The van der Waals surface area contributed by atoms with Crippen molar-refractivity contribution in [2.75, 3.05) is 11.1 Å². The van der Waals surface area contributed by atoms with Gasteiger partial charge in [0.25, 0.3) is 0 Å². The highest BCUT2D eigenvalue weighted by Crippen LogP contribution is 2.24. The van der Waals surface area contributed by atoms with Crippen LogP contribution in [0.1, 0.15) is 0 Å². The molecule has 0 aliphatic rings. The van der Waals surface area contributed by atoms with E-state index < -0.39 is 0 Å². The second kappa shape index (κ2) is 4.27. The van der Waals surface area contributed by atoms with Gasteiger partial charge in [-0.2, -0.15) is 0 Å². The first-order chi connectivity index (χ1) is 7.25. The summed E-state index contributed by atoms with van der Waals surface area (Å²) >= 11 is 3.43. The molecule has 4 nitrogen and oxygen atoms in total. The van der Waals surface area contributed by atoms with Crippen molar-refractivity contribution < 1.29 is 0 Å². The Labute approximate surface area is 95.7 Å². The summed E-state index contributed by atoms with van der Waals surface area (Å²) < 4.78 is 0.967. The molecule has 76 valence electrons. The van der Waals surface area contributed by atoms with Crippen molar-refractivity contribution in [1.82, 2.24) is 9.97 Å². The zero-order chi connectivity index (χ0) is 10.7. The molecular formula is C10H9BrN4. The normalized spacial score (nSPS) is 9.93. The fraction of sp³-hybridized carbons (Fsp3) is 0. The van der Waals surface area contributed by atoms with Crippen LogP contribution >= 0.6 is 15.9 Å². The summed E-state index contributed by atoms with van der Waals surface area (Å²) in [6.45, 7) is 0. The second-order valence-electron chi connectivity index (χ2n) is 2.93. The van der Waals surface area contributed by atoms with Gasteiger partial charge in [0.1, 0.15) is 5.82 Å². The zero-order valence-electron chi connectivity index (χ0n) is 7.81. The van der Waals surface area contributed by atoms with Crippen LogP contribution in [0.3, 0.4) is 0 Å². The van der Waals surface area contributed by atoms with Gasteiger partial charge in [0.05, 0.1) is 18.1 Å². The van der Waals surface area contributed by atoms with Gasteiger partial charge < -0.3 is 11.1 Å². The van der Waals surface area contributed by atoms with E-state index in [2.05, 4.69) is 31.2 Å². The van der Waals surface area contributed by atoms with Crippen molar-refractivity contribution in [2.45, 2.75) is 0 Å². The predicted octanol–water partition coefficient (Wildman–Crippen LogP) is 2.56. The monoisotopic (exact) mass is 264 g/mol. The number of nitrogens with zero attached hydrogens (tertiary/aromatic N) is 2. The molecule has 0 saturated heterocycles. The van der Waals surface area contributed by atoms with Crippen LogP contribution in [0.2, 0.25) is 0 Å². The van der Waals surface area contributed by atoms with E-state index in [-0.39, 0.29) is 0 Å². The molecule has 1 aromatic heterocycles. The van der Waals surface area contributed by atoms with E-state index in [1.54, 1.807) is 6.20 Å². The van der Waals surface area contributed by atoms with Crippen molar-refractivity contribution in [1.29, 1.82) is 0 Å². The van der Waals surface area contributed by atoms with Gasteiger partial charge in [-0.25, -0.2) is 4.98 Å². The molecule has 2 aromatic rings. The Hall–Kier alpha value is -1.62. The third-order valence-corrected chi connectivity index (χ3v) is 2.48. The molecule has 0 aliphatic heterocycles. The molecule has 0 spiro atoms. The minimum absolute atomic E-state index is 0.395. The van der Waals surface area contributed by atoms with Crippen LogP contribution in [0, 0.1) is 0 Å². The van der Waals surface area contributed by atoms with Crippen molar-refractivity contribution >= 4 is 33.3 Å². The standard InChI is InChI=1S/C10H9BrN4/c11-7-3-1-2-4-8(7)14-10-6-13-5-9(12)15-10/h1-6H,(H3,12,14,15). The molecule has 5 heteroatoms. The summed E-state index contributed by atoms with van der Waals surface area (Å²) in [4.78, 5) is 8.04. The van der Waals surface area contributed by atoms with Crippen LogP contribution in [-0.2, 0) is 0 Å². The number of rotatable bonds is 2. The number of hydrogen-bond donors (Lipinski definition) is 2. The van der Waals surface area contributed by atoms with Gasteiger partial charge in [-0.05, 0) is 28.1 Å². The lowest BCUT2D eigenvalue weighted by molar-refractivity contribution is 1.21. The predicted molar refractivity (Wildman–Crippen MR) is 63.9 cm³/mol. The van der Waals surface area contributed by atoms with Crippen molar-refractivity contribution in [2.24, 2.45) is 0 Å². The van der Waals surface area contributed by atoms with Gasteiger partial charge in [-0.15, -0.1) is 0 Å². The molecule has 0 aliphatic carbocycles. The number of anilines is 3. The molecule has 0 saturated carbocycles. The molecule has 3 N–H and O–H groups in total. The van der Waals surface area contributed by atoms with Crippen LogP contribution in [0.15, 0.2) is 41.1 Å². The number of aromatic nitrogens is 2. The number of para-hydroxylation sites is 1. The van der Waals surface area contributed by atoms with Crippen LogP contribution in [0.25, 0.3) is 0 Å². The van der Waals surface area contributed by atoms with Gasteiger partial charge >= 0.3 is 0 Å². The summed E-state index contributed by atoms with van der Waals surface area (Å²) in [5, 5.41) is 3.11. The van der Waals surface area contributed by atoms with E-state index >= 15 is 0 Å². The molecule has 0 bridgehead atoms. The summed E-state index contributed by atoms with van der Waals surface area (Å²) in [6.07, 6.45) is 3.13. The third-order valence-electron chi connectivity index (χ3n) is 1.79. The van der Waals surface area contributed by atoms with E-state index in [0.29, 0.717) is 11.6 Å². The van der Waals surface area contributed by atoms with Gasteiger partial charge in [-0.3, -0.25) is 4.98 Å². The fourth-order valence-electron chi connectivity index (χ4n) is 1.14. The topological polar surface area (TPSA) is 63.8 Å². The van der Waals surface area contributed by atoms with Crippen molar-refractivity contribution in [3.05, 3.63) is 41.1 Å². The summed E-state index contributed by atoms with van der Waals surface area (Å²) in [6, 6.07) is 7.77. The molecule has 0 unspecified atom stereocenters. The average Bonchev–Trinajstić information content (AvgIpc) is 2.22. The van der Waals surface area contributed by atoms with E-state index in [4.69, 9.17) is 5.73 Å². The highest BCUT2D eigenvalue weighted by atomic mass is 79.9. The smallest absolute Gasteiger partial charge is 0.151 e. The minimum atomic E-state index is 0.395. The Kier molecular flexibility index (Phi) is 2.82. The second-order valence-corrected chi connectivity index (χ2v) is 3.79. The number of halogens is 1. The highest BCUT2D eigenvalue weighted by molar-refractivity contribution is 9.10. The quantitative estimate of drug-likeness (QED) is 0.875. The van der Waals surface area contributed by atoms with E-state index in [0.717, 1.165) is 10.2 Å². The van der Waals surface area contributed by atoms with Crippen LogP contribution < -0.4 is 11.1 Å². The molecule has 0 radical (unpaired) electrons. The maximum absolute atomic E-state index is 5.52. The molecule has 0 fully saturated rings. The summed E-state index contributed by atoms with van der Waals surface area (Å²) in [7, 11) is 0. The first-order valence-corrected chi connectivity index (χ1v) is 5.14. The summed E-state index contributed by atoms with van der Waals surface area (Å²) in [5.74, 6) is 1.02. The molecule has 1 aromatic carbocycles. The number of nitrogens with two attached hydrogens (primary N) is 1. The molecule has 15 heavy (non-hydrogen) atoms. The van der Waals surface area contributed by atoms with Crippen molar-refractivity contribution in [3.63, 3.8) is 0 Å². The van der Waals surface area contributed by atoms with Gasteiger partial charge in [-0.1, -0.05) is 12.1 Å². The number of nitrogen functional groups attached to an aromatic ring is 1. The molecule has 2 rings (SSSR count). The molecule has 0 atom stereocenters. The SMILES string of the molecule is Nc1cncc(Nc2ccccc2Br)n1. The first kappa shape index (κ1) is 9.92. The fourth-order valence-corrected chi connectivity index (χ4v) is 1.53.